The summed E-state index contributed by atoms with van der Waals surface area (Å²) in [4.78, 5) is 12.1. The lowest BCUT2D eigenvalue weighted by Crippen LogP contribution is -2.36. The standard InChI is InChI=1S/C22H20ClFN4S/c1-2-14-13-29-22-26-20(18-6-3-4-10-25-18)21(28(14)22)19-7-5-11-27(19)15-8-9-17(24)16(23)12-15/h3-12,14,20-21H,2,13H2,1H3. The lowest BCUT2D eigenvalue weighted by atomic mass is 9.99. The summed E-state index contributed by atoms with van der Waals surface area (Å²) in [5.41, 5.74) is 2.90. The fourth-order valence-electron chi connectivity index (χ4n) is 4.18. The Kier molecular flexibility index (Phi) is 4.84. The predicted molar refractivity (Wildman–Crippen MR) is 116 cm³/mol. The average Bonchev–Trinajstić information content (AvgIpc) is 3.45. The van der Waals surface area contributed by atoms with Crippen molar-refractivity contribution < 1.29 is 4.39 Å². The minimum absolute atomic E-state index is 0.0266. The first-order chi connectivity index (χ1) is 14.2. The first kappa shape index (κ1) is 18.7. The van der Waals surface area contributed by atoms with Gasteiger partial charge >= 0.3 is 0 Å². The lowest BCUT2D eigenvalue weighted by Gasteiger charge is -2.32. The molecular weight excluding hydrogens is 407 g/mol. The van der Waals surface area contributed by atoms with Crippen molar-refractivity contribution in [3.8, 4) is 5.69 Å². The molecule has 1 fully saturated rings. The Labute approximate surface area is 178 Å². The van der Waals surface area contributed by atoms with Crippen molar-refractivity contribution >= 4 is 28.5 Å². The van der Waals surface area contributed by atoms with Gasteiger partial charge in [-0.3, -0.25) is 9.98 Å². The Morgan fingerprint density at radius 3 is 2.86 bits per heavy atom. The van der Waals surface area contributed by atoms with Gasteiger partial charge in [0.05, 0.1) is 10.7 Å². The van der Waals surface area contributed by atoms with Crippen molar-refractivity contribution in [2.24, 2.45) is 4.99 Å². The van der Waals surface area contributed by atoms with Gasteiger partial charge < -0.3 is 9.47 Å². The van der Waals surface area contributed by atoms with E-state index in [4.69, 9.17) is 16.6 Å². The van der Waals surface area contributed by atoms with Crippen molar-refractivity contribution in [3.63, 3.8) is 0 Å². The molecule has 0 aliphatic carbocycles. The summed E-state index contributed by atoms with van der Waals surface area (Å²) in [6.45, 7) is 2.22. The molecule has 4 heterocycles. The van der Waals surface area contributed by atoms with Gasteiger partial charge in [0.25, 0.3) is 0 Å². The second kappa shape index (κ2) is 7.50. The molecule has 0 N–H and O–H groups in total. The monoisotopic (exact) mass is 426 g/mol. The number of benzene rings is 1. The van der Waals surface area contributed by atoms with Crippen LogP contribution in [0.15, 0.2) is 65.9 Å². The van der Waals surface area contributed by atoms with Crippen molar-refractivity contribution in [3.05, 3.63) is 83.2 Å². The molecule has 29 heavy (non-hydrogen) atoms. The Bertz CT molecular complexity index is 1070. The smallest absolute Gasteiger partial charge is 0.160 e. The van der Waals surface area contributed by atoms with Crippen molar-refractivity contribution in [1.82, 2.24) is 14.5 Å². The van der Waals surface area contributed by atoms with Crippen molar-refractivity contribution in [1.29, 1.82) is 0 Å². The maximum absolute atomic E-state index is 13.7. The number of aromatic nitrogens is 2. The predicted octanol–water partition coefficient (Wildman–Crippen LogP) is 5.64. The normalized spacial score (nSPS) is 23.3. The number of pyridine rings is 1. The zero-order valence-electron chi connectivity index (χ0n) is 15.9. The van der Waals surface area contributed by atoms with Crippen LogP contribution >= 0.6 is 23.4 Å². The molecule has 2 aliphatic rings. The van der Waals surface area contributed by atoms with Gasteiger partial charge in [-0.1, -0.05) is 36.4 Å². The minimum atomic E-state index is -0.413. The first-order valence-corrected chi connectivity index (χ1v) is 11.1. The molecule has 5 rings (SSSR count). The highest BCUT2D eigenvalue weighted by Crippen LogP contribution is 2.48. The van der Waals surface area contributed by atoms with Gasteiger partial charge in [-0.05, 0) is 48.9 Å². The molecule has 3 aromatic rings. The van der Waals surface area contributed by atoms with Crippen LogP contribution in [0.5, 0.6) is 0 Å². The van der Waals surface area contributed by atoms with Crippen molar-refractivity contribution in [2.45, 2.75) is 31.5 Å². The number of thioether (sulfide) groups is 1. The first-order valence-electron chi connectivity index (χ1n) is 9.70. The van der Waals surface area contributed by atoms with Gasteiger partial charge in [0, 0.05) is 35.6 Å². The highest BCUT2D eigenvalue weighted by molar-refractivity contribution is 8.14. The number of hydrogen-bond donors (Lipinski definition) is 0. The zero-order chi connectivity index (χ0) is 20.0. The van der Waals surface area contributed by atoms with Gasteiger partial charge in [0.1, 0.15) is 17.9 Å². The number of nitrogens with zero attached hydrogens (tertiary/aromatic N) is 4. The van der Waals surface area contributed by atoms with E-state index in [-0.39, 0.29) is 17.1 Å². The molecule has 3 atom stereocenters. The summed E-state index contributed by atoms with van der Waals surface area (Å²) in [5, 5.41) is 1.21. The van der Waals surface area contributed by atoms with Crippen LogP contribution in [0.25, 0.3) is 5.69 Å². The molecule has 4 nitrogen and oxygen atoms in total. The van der Waals surface area contributed by atoms with Gasteiger partial charge in [-0.25, -0.2) is 4.39 Å². The number of amidine groups is 1. The van der Waals surface area contributed by atoms with Crippen LogP contribution in [0.4, 0.5) is 4.39 Å². The number of aliphatic imine (C=N–C) groups is 1. The maximum atomic E-state index is 13.7. The van der Waals surface area contributed by atoms with Crippen LogP contribution in [0.1, 0.15) is 36.8 Å². The topological polar surface area (TPSA) is 33.4 Å². The molecule has 0 radical (unpaired) electrons. The number of hydrogen-bond acceptors (Lipinski definition) is 4. The van der Waals surface area contributed by atoms with Crippen LogP contribution in [0.3, 0.4) is 0 Å². The van der Waals surface area contributed by atoms with Crippen molar-refractivity contribution in [2.75, 3.05) is 5.75 Å². The average molecular weight is 427 g/mol. The zero-order valence-corrected chi connectivity index (χ0v) is 17.4. The third-order valence-corrected chi connectivity index (χ3v) is 7.01. The molecule has 0 saturated carbocycles. The minimum Gasteiger partial charge on any atom is -0.337 e. The number of rotatable bonds is 4. The van der Waals surface area contributed by atoms with Gasteiger partial charge in [0.15, 0.2) is 5.17 Å². The summed E-state index contributed by atoms with van der Waals surface area (Å²) in [6.07, 6.45) is 4.87. The highest BCUT2D eigenvalue weighted by atomic mass is 35.5. The van der Waals surface area contributed by atoms with E-state index in [1.54, 1.807) is 12.1 Å². The molecule has 2 aliphatic heterocycles. The molecule has 0 bridgehead atoms. The Balaban J connectivity index is 1.63. The van der Waals surface area contributed by atoms with E-state index in [9.17, 15) is 4.39 Å². The van der Waals surface area contributed by atoms with E-state index in [0.29, 0.717) is 6.04 Å². The van der Waals surface area contributed by atoms with Gasteiger partial charge in [-0.15, -0.1) is 0 Å². The van der Waals surface area contributed by atoms with E-state index in [2.05, 4.69) is 27.4 Å². The van der Waals surface area contributed by atoms with E-state index >= 15 is 0 Å². The summed E-state index contributed by atoms with van der Waals surface area (Å²) >= 11 is 7.89. The Hall–Kier alpha value is -2.31. The fourth-order valence-corrected chi connectivity index (χ4v) is 5.69. The molecular formula is C22H20ClFN4S. The molecule has 1 saturated heterocycles. The molecule has 7 heteroatoms. The van der Waals surface area contributed by atoms with E-state index in [1.165, 1.54) is 6.07 Å². The second-order valence-electron chi connectivity index (χ2n) is 7.24. The maximum Gasteiger partial charge on any atom is 0.160 e. The molecule has 3 unspecified atom stereocenters. The molecule has 1 aromatic carbocycles. The highest BCUT2D eigenvalue weighted by Gasteiger charge is 2.46. The third-order valence-electron chi connectivity index (χ3n) is 5.59. The molecule has 0 spiro atoms. The number of halogens is 2. The molecule has 2 aromatic heterocycles. The third kappa shape index (κ3) is 3.15. The van der Waals surface area contributed by atoms with Gasteiger partial charge in [-0.2, -0.15) is 0 Å². The van der Waals surface area contributed by atoms with Crippen LogP contribution in [0.2, 0.25) is 5.02 Å². The molecule has 148 valence electrons. The SMILES string of the molecule is CCC1CSC2=NC(c3ccccn3)C(c3cccn3-c3ccc(F)c(Cl)c3)N21. The summed E-state index contributed by atoms with van der Waals surface area (Å²) in [6, 6.07) is 15.3. The lowest BCUT2D eigenvalue weighted by molar-refractivity contribution is 0.249. The van der Waals surface area contributed by atoms with Crippen LogP contribution < -0.4 is 0 Å². The van der Waals surface area contributed by atoms with Crippen LogP contribution in [-0.4, -0.2) is 31.4 Å². The summed E-state index contributed by atoms with van der Waals surface area (Å²) in [5.74, 6) is 0.632. The molecule has 0 amide bonds. The summed E-state index contributed by atoms with van der Waals surface area (Å²) < 4.78 is 15.8. The van der Waals surface area contributed by atoms with Crippen LogP contribution in [-0.2, 0) is 0 Å². The van der Waals surface area contributed by atoms with Crippen LogP contribution in [0, 0.1) is 5.82 Å². The Morgan fingerprint density at radius 2 is 2.10 bits per heavy atom. The largest absolute Gasteiger partial charge is 0.337 e. The number of fused-ring (bicyclic) bond motifs is 1. The van der Waals surface area contributed by atoms with E-state index in [1.807, 2.05) is 48.4 Å². The van der Waals surface area contributed by atoms with E-state index in [0.717, 1.165) is 34.4 Å². The Morgan fingerprint density at radius 1 is 1.21 bits per heavy atom. The fraction of sp³-hybridized carbons (Fsp3) is 0.273. The quantitative estimate of drug-likeness (QED) is 0.541. The summed E-state index contributed by atoms with van der Waals surface area (Å²) in [7, 11) is 0. The van der Waals surface area contributed by atoms with Gasteiger partial charge in [0.2, 0.25) is 0 Å². The second-order valence-corrected chi connectivity index (χ2v) is 8.63. The van der Waals surface area contributed by atoms with E-state index < -0.39 is 5.82 Å².